The minimum atomic E-state index is -0.366. The number of hydroxylamine groups is 1. The zero-order valence-corrected chi connectivity index (χ0v) is 7.33. The minimum absolute atomic E-state index is 0.153. The number of nitrogens with one attached hydrogen (secondary N) is 1. The van der Waals surface area contributed by atoms with Crippen LogP contribution in [0.25, 0.3) is 0 Å². The minimum Gasteiger partial charge on any atom is -0.354 e. The summed E-state index contributed by atoms with van der Waals surface area (Å²) in [5.41, 5.74) is 2.14. The van der Waals surface area contributed by atoms with Gasteiger partial charge in [-0.3, -0.25) is 0 Å². The van der Waals surface area contributed by atoms with Gasteiger partial charge in [0, 0.05) is 13.7 Å². The maximum Gasteiger partial charge on any atom is 0.174 e. The molecule has 0 radical (unpaired) electrons. The van der Waals surface area contributed by atoms with Crippen LogP contribution in [0, 0.1) is 0 Å². The van der Waals surface area contributed by atoms with Crippen LogP contribution in [0.3, 0.4) is 0 Å². The third-order valence-corrected chi connectivity index (χ3v) is 1.50. The summed E-state index contributed by atoms with van der Waals surface area (Å²) in [6.07, 6.45) is 0.393. The van der Waals surface area contributed by atoms with Crippen LogP contribution in [-0.4, -0.2) is 31.3 Å². The summed E-state index contributed by atoms with van der Waals surface area (Å²) in [4.78, 5) is 0. The molecule has 0 unspecified atom stereocenters. The van der Waals surface area contributed by atoms with Crippen molar-refractivity contribution in [1.29, 1.82) is 0 Å². The molecule has 0 spiro atoms. The smallest absolute Gasteiger partial charge is 0.174 e. The third-order valence-electron chi connectivity index (χ3n) is 1.50. The first-order valence-corrected chi connectivity index (χ1v) is 3.84. The molecule has 0 aliphatic heterocycles. The van der Waals surface area contributed by atoms with Crippen molar-refractivity contribution in [3.8, 4) is 0 Å². The van der Waals surface area contributed by atoms with Crippen LogP contribution in [0.15, 0.2) is 0 Å². The highest BCUT2D eigenvalue weighted by atomic mass is 16.7. The van der Waals surface area contributed by atoms with Gasteiger partial charge in [0.15, 0.2) is 6.29 Å². The van der Waals surface area contributed by atoms with E-state index in [0.717, 1.165) is 6.42 Å². The van der Waals surface area contributed by atoms with Gasteiger partial charge in [-0.05, 0) is 13.3 Å². The molecule has 11 heavy (non-hydrogen) atoms. The Balaban J connectivity index is 3.76. The van der Waals surface area contributed by atoms with Crippen molar-refractivity contribution in [3.05, 3.63) is 0 Å². The standard InChI is InChI=1S/C7H17NO3/c1-4-6(8-9)7(10-3)11-5-2/h6-9H,4-5H2,1-3H3/t6-,7-/m0/s1. The summed E-state index contributed by atoms with van der Waals surface area (Å²) in [6.45, 7) is 4.41. The lowest BCUT2D eigenvalue weighted by Crippen LogP contribution is -2.40. The monoisotopic (exact) mass is 163 g/mol. The zero-order valence-electron chi connectivity index (χ0n) is 7.33. The van der Waals surface area contributed by atoms with Gasteiger partial charge in [-0.1, -0.05) is 6.92 Å². The van der Waals surface area contributed by atoms with E-state index >= 15 is 0 Å². The lowest BCUT2D eigenvalue weighted by Gasteiger charge is -2.22. The quantitative estimate of drug-likeness (QED) is 0.448. The fraction of sp³-hybridized carbons (Fsp3) is 1.00. The van der Waals surface area contributed by atoms with Crippen LogP contribution in [0.1, 0.15) is 20.3 Å². The van der Waals surface area contributed by atoms with Gasteiger partial charge in [0.2, 0.25) is 0 Å². The normalized spacial score (nSPS) is 16.4. The highest BCUT2D eigenvalue weighted by Crippen LogP contribution is 2.03. The Labute approximate surface area is 67.5 Å². The molecule has 0 saturated heterocycles. The first-order valence-electron chi connectivity index (χ1n) is 3.84. The van der Waals surface area contributed by atoms with Crippen LogP contribution >= 0.6 is 0 Å². The van der Waals surface area contributed by atoms with E-state index < -0.39 is 0 Å². The van der Waals surface area contributed by atoms with E-state index in [4.69, 9.17) is 14.7 Å². The van der Waals surface area contributed by atoms with E-state index in [1.165, 1.54) is 0 Å². The van der Waals surface area contributed by atoms with E-state index in [1.54, 1.807) is 7.11 Å². The molecule has 0 rings (SSSR count). The van der Waals surface area contributed by atoms with Crippen LogP contribution in [-0.2, 0) is 9.47 Å². The molecule has 0 bridgehead atoms. The van der Waals surface area contributed by atoms with E-state index in [-0.39, 0.29) is 12.3 Å². The number of rotatable bonds is 6. The summed E-state index contributed by atoms with van der Waals surface area (Å²) in [7, 11) is 1.56. The lowest BCUT2D eigenvalue weighted by molar-refractivity contribution is -0.155. The van der Waals surface area contributed by atoms with Crippen molar-refractivity contribution in [2.75, 3.05) is 13.7 Å². The van der Waals surface area contributed by atoms with Crippen LogP contribution < -0.4 is 5.48 Å². The summed E-state index contributed by atoms with van der Waals surface area (Å²) in [6, 6.07) is -0.153. The number of methoxy groups -OCH3 is 1. The summed E-state index contributed by atoms with van der Waals surface area (Å²) < 4.78 is 10.2. The Bertz CT molecular complexity index is 85.8. The van der Waals surface area contributed by atoms with Crippen molar-refractivity contribution in [3.63, 3.8) is 0 Å². The van der Waals surface area contributed by atoms with Gasteiger partial charge in [-0.2, -0.15) is 5.48 Å². The second-order valence-electron chi connectivity index (χ2n) is 2.20. The summed E-state index contributed by atoms with van der Waals surface area (Å²) in [5, 5.41) is 8.64. The van der Waals surface area contributed by atoms with Gasteiger partial charge in [0.05, 0.1) is 6.04 Å². The van der Waals surface area contributed by atoms with Gasteiger partial charge >= 0.3 is 0 Å². The molecule has 0 aromatic rings. The first-order chi connectivity index (χ1) is 5.29. The van der Waals surface area contributed by atoms with Gasteiger partial charge in [0.1, 0.15) is 0 Å². The second kappa shape index (κ2) is 6.54. The van der Waals surface area contributed by atoms with Crippen LogP contribution in [0.5, 0.6) is 0 Å². The maximum absolute atomic E-state index is 8.64. The highest BCUT2D eigenvalue weighted by molar-refractivity contribution is 4.63. The lowest BCUT2D eigenvalue weighted by atomic mass is 10.2. The molecular formula is C7H17NO3. The summed E-state index contributed by atoms with van der Waals surface area (Å²) >= 11 is 0. The third kappa shape index (κ3) is 3.67. The number of hydrogen-bond acceptors (Lipinski definition) is 4. The molecule has 68 valence electrons. The molecular weight excluding hydrogens is 146 g/mol. The Morgan fingerprint density at radius 1 is 1.45 bits per heavy atom. The average molecular weight is 163 g/mol. The predicted octanol–water partition coefficient (Wildman–Crippen LogP) is 0.753. The van der Waals surface area contributed by atoms with E-state index in [2.05, 4.69) is 5.48 Å². The Morgan fingerprint density at radius 3 is 2.36 bits per heavy atom. The van der Waals surface area contributed by atoms with E-state index in [0.29, 0.717) is 6.61 Å². The number of hydrogen-bond donors (Lipinski definition) is 2. The van der Waals surface area contributed by atoms with Gasteiger partial charge in [-0.25, -0.2) is 0 Å². The fourth-order valence-electron chi connectivity index (χ4n) is 0.857. The molecule has 0 aliphatic carbocycles. The van der Waals surface area contributed by atoms with Gasteiger partial charge in [0.25, 0.3) is 0 Å². The average Bonchev–Trinajstić information content (AvgIpc) is 2.05. The van der Waals surface area contributed by atoms with E-state index in [1.807, 2.05) is 13.8 Å². The second-order valence-corrected chi connectivity index (χ2v) is 2.20. The highest BCUT2D eigenvalue weighted by Gasteiger charge is 2.18. The molecule has 0 heterocycles. The van der Waals surface area contributed by atoms with Crippen LogP contribution in [0.4, 0.5) is 0 Å². The van der Waals surface area contributed by atoms with Crippen molar-refractivity contribution in [2.45, 2.75) is 32.6 Å². The molecule has 0 aromatic carbocycles. The van der Waals surface area contributed by atoms with Crippen molar-refractivity contribution < 1.29 is 14.7 Å². The molecule has 0 aliphatic rings. The van der Waals surface area contributed by atoms with Crippen molar-refractivity contribution >= 4 is 0 Å². The van der Waals surface area contributed by atoms with Crippen LogP contribution in [0.2, 0.25) is 0 Å². The Hall–Kier alpha value is -0.160. The van der Waals surface area contributed by atoms with E-state index in [9.17, 15) is 0 Å². The zero-order chi connectivity index (χ0) is 8.69. The fourth-order valence-corrected chi connectivity index (χ4v) is 0.857. The number of ether oxygens (including phenoxy) is 2. The Kier molecular flexibility index (Phi) is 6.45. The Morgan fingerprint density at radius 2 is 2.09 bits per heavy atom. The SMILES string of the molecule is CCO[C@H](OC)[C@H](CC)NO. The van der Waals surface area contributed by atoms with Crippen molar-refractivity contribution in [2.24, 2.45) is 0 Å². The molecule has 0 aromatic heterocycles. The largest absolute Gasteiger partial charge is 0.354 e. The van der Waals surface area contributed by atoms with Gasteiger partial charge in [-0.15, -0.1) is 0 Å². The molecule has 4 nitrogen and oxygen atoms in total. The maximum atomic E-state index is 8.64. The molecule has 0 amide bonds. The summed E-state index contributed by atoms with van der Waals surface area (Å²) in [5.74, 6) is 0. The predicted molar refractivity (Wildman–Crippen MR) is 41.4 cm³/mol. The first kappa shape index (κ1) is 10.8. The van der Waals surface area contributed by atoms with Gasteiger partial charge < -0.3 is 14.7 Å². The molecule has 2 atom stereocenters. The molecule has 0 fully saturated rings. The molecule has 0 saturated carbocycles. The molecule has 4 heteroatoms. The molecule has 2 N–H and O–H groups in total. The topological polar surface area (TPSA) is 50.7 Å². The van der Waals surface area contributed by atoms with Crippen molar-refractivity contribution in [1.82, 2.24) is 5.48 Å².